The average Bonchev–Trinajstić information content (AvgIpc) is 2.56. The average molecular weight is 322 g/mol. The number of nitrogens with two attached hydrogens (primary N) is 1. The molecule has 0 aromatic rings. The van der Waals surface area contributed by atoms with Crippen molar-refractivity contribution in [1.29, 1.82) is 0 Å². The van der Waals surface area contributed by atoms with Crippen LogP contribution >= 0.6 is 0 Å². The maximum absolute atomic E-state index is 6.10. The molecule has 0 radical (unpaired) electrons. The first-order valence-electron chi connectivity index (χ1n) is 10.4. The standard InChI is InChI=1S/C22H43N/c1-3-5-7-8-9-10-11-12-13-14-15-16-17-18-19-21-22(23)20-6-4-2/h9-10,12-13,22H,3-8,11,14-21,23H2,1-2H3. The molecule has 0 aliphatic heterocycles. The molecule has 0 saturated heterocycles. The maximum Gasteiger partial charge on any atom is 0.00388 e. The number of rotatable bonds is 17. The number of allylic oxidation sites excluding steroid dienone is 4. The van der Waals surface area contributed by atoms with Gasteiger partial charge in [0.15, 0.2) is 0 Å². The summed E-state index contributed by atoms with van der Waals surface area (Å²) in [4.78, 5) is 0. The van der Waals surface area contributed by atoms with E-state index in [2.05, 4.69) is 38.2 Å². The minimum atomic E-state index is 0.452. The van der Waals surface area contributed by atoms with Crippen molar-refractivity contribution in [3.8, 4) is 0 Å². The van der Waals surface area contributed by atoms with Gasteiger partial charge in [-0.05, 0) is 44.9 Å². The van der Waals surface area contributed by atoms with Gasteiger partial charge in [-0.15, -0.1) is 0 Å². The first-order chi connectivity index (χ1) is 11.3. The summed E-state index contributed by atoms with van der Waals surface area (Å²) in [5.74, 6) is 0. The fourth-order valence-corrected chi connectivity index (χ4v) is 2.83. The van der Waals surface area contributed by atoms with Gasteiger partial charge in [-0.1, -0.05) is 89.5 Å². The summed E-state index contributed by atoms with van der Waals surface area (Å²) in [5.41, 5.74) is 6.10. The Labute approximate surface area is 146 Å². The second-order valence-corrected chi connectivity index (χ2v) is 6.92. The Morgan fingerprint density at radius 3 is 1.78 bits per heavy atom. The lowest BCUT2D eigenvalue weighted by Gasteiger charge is -2.10. The molecule has 0 heterocycles. The number of hydrogen-bond donors (Lipinski definition) is 1. The highest BCUT2D eigenvalue weighted by atomic mass is 14.6. The van der Waals surface area contributed by atoms with Crippen LogP contribution in [0.4, 0.5) is 0 Å². The van der Waals surface area contributed by atoms with Crippen LogP contribution in [-0.2, 0) is 0 Å². The molecule has 2 N–H and O–H groups in total. The second kappa shape index (κ2) is 19.5. The van der Waals surface area contributed by atoms with Crippen molar-refractivity contribution in [3.05, 3.63) is 24.3 Å². The fraction of sp³-hybridized carbons (Fsp3) is 0.818. The Balaban J connectivity index is 3.22. The normalized spacial score (nSPS) is 13.3. The van der Waals surface area contributed by atoms with E-state index in [1.165, 1.54) is 89.9 Å². The molecule has 1 nitrogen and oxygen atoms in total. The summed E-state index contributed by atoms with van der Waals surface area (Å²) in [5, 5.41) is 0. The van der Waals surface area contributed by atoms with Crippen molar-refractivity contribution in [2.24, 2.45) is 5.73 Å². The molecule has 0 aliphatic carbocycles. The summed E-state index contributed by atoms with van der Waals surface area (Å²) in [6.07, 6.45) is 28.8. The van der Waals surface area contributed by atoms with E-state index >= 15 is 0 Å². The van der Waals surface area contributed by atoms with Crippen LogP contribution in [0.1, 0.15) is 110 Å². The van der Waals surface area contributed by atoms with E-state index < -0.39 is 0 Å². The maximum atomic E-state index is 6.10. The minimum absolute atomic E-state index is 0.452. The lowest BCUT2D eigenvalue weighted by atomic mass is 10.0. The Morgan fingerprint density at radius 2 is 1.13 bits per heavy atom. The van der Waals surface area contributed by atoms with E-state index in [1.807, 2.05) is 0 Å². The minimum Gasteiger partial charge on any atom is -0.328 e. The summed E-state index contributed by atoms with van der Waals surface area (Å²) in [6.45, 7) is 4.50. The third-order valence-electron chi connectivity index (χ3n) is 4.45. The molecule has 0 aromatic carbocycles. The molecule has 0 amide bonds. The van der Waals surface area contributed by atoms with E-state index in [-0.39, 0.29) is 0 Å². The Bertz CT molecular complexity index is 267. The zero-order valence-corrected chi connectivity index (χ0v) is 16.1. The molecule has 1 atom stereocenters. The van der Waals surface area contributed by atoms with Crippen LogP contribution in [0.25, 0.3) is 0 Å². The van der Waals surface area contributed by atoms with E-state index in [4.69, 9.17) is 5.73 Å². The highest BCUT2D eigenvalue weighted by Crippen LogP contribution is 2.11. The van der Waals surface area contributed by atoms with Gasteiger partial charge in [0.05, 0.1) is 0 Å². The summed E-state index contributed by atoms with van der Waals surface area (Å²) >= 11 is 0. The van der Waals surface area contributed by atoms with Crippen LogP contribution < -0.4 is 5.73 Å². The molecule has 0 fully saturated rings. The quantitative estimate of drug-likeness (QED) is 0.220. The number of unbranched alkanes of at least 4 members (excludes halogenated alkanes) is 9. The molecule has 1 unspecified atom stereocenters. The van der Waals surface area contributed by atoms with Gasteiger partial charge in [-0.25, -0.2) is 0 Å². The van der Waals surface area contributed by atoms with Gasteiger partial charge >= 0.3 is 0 Å². The fourth-order valence-electron chi connectivity index (χ4n) is 2.83. The van der Waals surface area contributed by atoms with E-state index in [0.29, 0.717) is 6.04 Å². The van der Waals surface area contributed by atoms with Crippen molar-refractivity contribution >= 4 is 0 Å². The lowest BCUT2D eigenvalue weighted by molar-refractivity contribution is 0.499. The first-order valence-corrected chi connectivity index (χ1v) is 10.4. The highest BCUT2D eigenvalue weighted by Gasteiger charge is 2.00. The van der Waals surface area contributed by atoms with Crippen LogP contribution in [0.2, 0.25) is 0 Å². The molecule has 0 aromatic heterocycles. The molecular weight excluding hydrogens is 278 g/mol. The number of hydrogen-bond acceptors (Lipinski definition) is 1. The van der Waals surface area contributed by atoms with Crippen LogP contribution in [0.3, 0.4) is 0 Å². The largest absolute Gasteiger partial charge is 0.328 e. The molecule has 0 bridgehead atoms. The molecule has 136 valence electrons. The van der Waals surface area contributed by atoms with Crippen LogP contribution in [0.5, 0.6) is 0 Å². The van der Waals surface area contributed by atoms with Crippen LogP contribution in [0.15, 0.2) is 24.3 Å². The van der Waals surface area contributed by atoms with Crippen molar-refractivity contribution in [2.45, 2.75) is 116 Å². The first kappa shape index (κ1) is 22.4. The summed E-state index contributed by atoms with van der Waals surface area (Å²) in [7, 11) is 0. The van der Waals surface area contributed by atoms with Crippen molar-refractivity contribution in [1.82, 2.24) is 0 Å². The predicted molar refractivity (Wildman–Crippen MR) is 107 cm³/mol. The molecule has 0 saturated carbocycles. The topological polar surface area (TPSA) is 26.0 Å². The molecule has 1 heteroatoms. The van der Waals surface area contributed by atoms with Gasteiger partial charge < -0.3 is 5.73 Å². The second-order valence-electron chi connectivity index (χ2n) is 6.92. The zero-order valence-electron chi connectivity index (χ0n) is 16.1. The van der Waals surface area contributed by atoms with Crippen molar-refractivity contribution in [3.63, 3.8) is 0 Å². The Kier molecular flexibility index (Phi) is 19.0. The smallest absolute Gasteiger partial charge is 0.00388 e. The molecule has 0 rings (SSSR count). The SMILES string of the molecule is CCCCCC=CCC=CCCCCCCCC(N)CCCC. The van der Waals surface area contributed by atoms with Crippen LogP contribution in [-0.4, -0.2) is 6.04 Å². The molecule has 0 aliphatic rings. The monoisotopic (exact) mass is 321 g/mol. The van der Waals surface area contributed by atoms with Crippen molar-refractivity contribution < 1.29 is 0 Å². The lowest BCUT2D eigenvalue weighted by Crippen LogP contribution is -2.19. The van der Waals surface area contributed by atoms with E-state index in [1.54, 1.807) is 0 Å². The predicted octanol–water partition coefficient (Wildman–Crippen LogP) is 7.32. The zero-order chi connectivity index (χ0) is 17.0. The van der Waals surface area contributed by atoms with Gasteiger partial charge in [0.2, 0.25) is 0 Å². The summed E-state index contributed by atoms with van der Waals surface area (Å²) < 4.78 is 0. The van der Waals surface area contributed by atoms with Gasteiger partial charge in [0.25, 0.3) is 0 Å². The van der Waals surface area contributed by atoms with Gasteiger partial charge in [-0.2, -0.15) is 0 Å². The highest BCUT2D eigenvalue weighted by molar-refractivity contribution is 4.92. The molecule has 23 heavy (non-hydrogen) atoms. The third-order valence-corrected chi connectivity index (χ3v) is 4.45. The molecule has 0 spiro atoms. The Morgan fingerprint density at radius 1 is 0.609 bits per heavy atom. The Hall–Kier alpha value is -0.560. The van der Waals surface area contributed by atoms with Crippen molar-refractivity contribution in [2.75, 3.05) is 0 Å². The van der Waals surface area contributed by atoms with E-state index in [0.717, 1.165) is 6.42 Å². The summed E-state index contributed by atoms with van der Waals surface area (Å²) in [6, 6.07) is 0.452. The van der Waals surface area contributed by atoms with Gasteiger partial charge in [-0.3, -0.25) is 0 Å². The molecular formula is C22H43N. The van der Waals surface area contributed by atoms with Gasteiger partial charge in [0, 0.05) is 6.04 Å². The van der Waals surface area contributed by atoms with E-state index in [9.17, 15) is 0 Å². The van der Waals surface area contributed by atoms with Crippen LogP contribution in [0, 0.1) is 0 Å². The third kappa shape index (κ3) is 19.4. The van der Waals surface area contributed by atoms with Gasteiger partial charge in [0.1, 0.15) is 0 Å².